The van der Waals surface area contributed by atoms with Crippen molar-refractivity contribution in [1.82, 2.24) is 15.2 Å². The van der Waals surface area contributed by atoms with Crippen molar-refractivity contribution in [1.29, 1.82) is 0 Å². The topological polar surface area (TPSA) is 83.6 Å². The molecule has 1 atom stereocenters. The van der Waals surface area contributed by atoms with Gasteiger partial charge in [-0.05, 0) is 37.9 Å². The van der Waals surface area contributed by atoms with Gasteiger partial charge in [0.2, 0.25) is 5.91 Å². The van der Waals surface area contributed by atoms with Crippen LogP contribution in [-0.2, 0) is 9.53 Å². The first-order valence-electron chi connectivity index (χ1n) is 8.88. The predicted molar refractivity (Wildman–Crippen MR) is 100 cm³/mol. The Morgan fingerprint density at radius 3 is 3.08 bits per heavy atom. The summed E-state index contributed by atoms with van der Waals surface area (Å²) in [5.41, 5.74) is 1.66. The second kappa shape index (κ2) is 6.85. The fraction of sp³-hybridized carbons (Fsp3) is 0.500. The highest BCUT2D eigenvalue weighted by Crippen LogP contribution is 2.30. The molecule has 2 amide bonds. The van der Waals surface area contributed by atoms with Gasteiger partial charge in [-0.2, -0.15) is 0 Å². The van der Waals surface area contributed by atoms with Crippen molar-refractivity contribution < 1.29 is 14.3 Å². The number of aromatic nitrogens is 1. The summed E-state index contributed by atoms with van der Waals surface area (Å²) < 4.78 is 6.55. The number of nitrogens with one attached hydrogen (secondary N) is 2. The molecule has 4 rings (SSSR count). The molecule has 2 saturated heterocycles. The van der Waals surface area contributed by atoms with E-state index in [1.54, 1.807) is 0 Å². The van der Waals surface area contributed by atoms with Gasteiger partial charge in [-0.3, -0.25) is 9.69 Å². The van der Waals surface area contributed by atoms with E-state index in [1.165, 1.54) is 11.3 Å². The van der Waals surface area contributed by atoms with Gasteiger partial charge in [0, 0.05) is 13.0 Å². The standard InChI is InChI=1S/C18H22N4O3S/c1-12-4-2-5-13-15(12)21-16(26-13)20-14(23)10-22-8-3-6-18(7-9-22)11-19-17(24)25-18/h2,4-5H,3,6-11H2,1H3,(H,19,24)(H,20,21,23)/t18-/m0/s1. The molecule has 1 aromatic heterocycles. The van der Waals surface area contributed by atoms with E-state index in [9.17, 15) is 9.59 Å². The zero-order valence-electron chi connectivity index (χ0n) is 14.7. The molecule has 26 heavy (non-hydrogen) atoms. The van der Waals surface area contributed by atoms with Gasteiger partial charge < -0.3 is 15.4 Å². The van der Waals surface area contributed by atoms with Gasteiger partial charge in [-0.25, -0.2) is 9.78 Å². The average Bonchev–Trinajstić information content (AvgIpc) is 3.11. The van der Waals surface area contributed by atoms with Crippen LogP contribution in [0.5, 0.6) is 0 Å². The molecule has 3 heterocycles. The molecule has 2 fully saturated rings. The Labute approximate surface area is 155 Å². The van der Waals surface area contributed by atoms with Crippen molar-refractivity contribution >= 4 is 38.7 Å². The number of thiazole rings is 1. The minimum Gasteiger partial charge on any atom is -0.441 e. The molecule has 8 heteroatoms. The third-order valence-corrected chi connectivity index (χ3v) is 6.02. The van der Waals surface area contributed by atoms with Crippen LogP contribution in [0.25, 0.3) is 10.2 Å². The molecule has 2 aliphatic rings. The summed E-state index contributed by atoms with van der Waals surface area (Å²) in [6, 6.07) is 6.03. The van der Waals surface area contributed by atoms with Crippen LogP contribution in [0.15, 0.2) is 18.2 Å². The summed E-state index contributed by atoms with van der Waals surface area (Å²) in [4.78, 5) is 30.5. The number of carbonyl (C=O) groups is 2. The van der Waals surface area contributed by atoms with Crippen molar-refractivity contribution in [3.8, 4) is 0 Å². The number of anilines is 1. The number of hydrogen-bond donors (Lipinski definition) is 2. The lowest BCUT2D eigenvalue weighted by Gasteiger charge is -2.24. The molecule has 2 N–H and O–H groups in total. The molecule has 0 unspecified atom stereocenters. The average molecular weight is 374 g/mol. The van der Waals surface area contributed by atoms with Gasteiger partial charge in [0.05, 0.1) is 23.3 Å². The number of aryl methyl sites for hydroxylation is 1. The van der Waals surface area contributed by atoms with E-state index >= 15 is 0 Å². The summed E-state index contributed by atoms with van der Waals surface area (Å²) in [6.45, 7) is 4.47. The van der Waals surface area contributed by atoms with Gasteiger partial charge in [-0.15, -0.1) is 0 Å². The third kappa shape index (κ3) is 3.52. The van der Waals surface area contributed by atoms with Crippen molar-refractivity contribution in [2.45, 2.75) is 31.8 Å². The SMILES string of the molecule is Cc1cccc2sc(NC(=O)CN3CCC[C@]4(CC3)CNC(=O)O4)nc12. The highest BCUT2D eigenvalue weighted by molar-refractivity contribution is 7.22. The van der Waals surface area contributed by atoms with E-state index in [1.807, 2.05) is 25.1 Å². The van der Waals surface area contributed by atoms with Crippen LogP contribution in [0.4, 0.5) is 9.93 Å². The minimum atomic E-state index is -0.396. The third-order valence-electron chi connectivity index (χ3n) is 5.09. The number of rotatable bonds is 3. The molecule has 0 radical (unpaired) electrons. The molecule has 0 bridgehead atoms. The molecule has 2 aromatic rings. The first-order chi connectivity index (χ1) is 12.5. The maximum Gasteiger partial charge on any atom is 0.407 e. The van der Waals surface area contributed by atoms with E-state index in [-0.39, 0.29) is 12.0 Å². The van der Waals surface area contributed by atoms with Crippen LogP contribution in [0.3, 0.4) is 0 Å². The molecular weight excluding hydrogens is 352 g/mol. The zero-order chi connectivity index (χ0) is 18.1. The first-order valence-corrected chi connectivity index (χ1v) is 9.70. The van der Waals surface area contributed by atoms with Crippen LogP contribution in [-0.4, -0.2) is 53.7 Å². The molecule has 1 spiro atoms. The number of para-hydroxylation sites is 1. The van der Waals surface area contributed by atoms with E-state index in [0.29, 0.717) is 18.2 Å². The molecule has 0 saturated carbocycles. The van der Waals surface area contributed by atoms with Crippen molar-refractivity contribution in [3.63, 3.8) is 0 Å². The monoisotopic (exact) mass is 374 g/mol. The number of carbonyl (C=O) groups excluding carboxylic acids is 2. The molecule has 2 aliphatic heterocycles. The van der Waals surface area contributed by atoms with Gasteiger partial charge in [0.15, 0.2) is 5.13 Å². The zero-order valence-corrected chi connectivity index (χ0v) is 15.5. The Hall–Kier alpha value is -2.19. The van der Waals surface area contributed by atoms with Gasteiger partial charge >= 0.3 is 6.09 Å². The fourth-order valence-corrected chi connectivity index (χ4v) is 4.62. The molecule has 0 aliphatic carbocycles. The normalized spacial score (nSPS) is 23.7. The van der Waals surface area contributed by atoms with E-state index in [0.717, 1.165) is 48.1 Å². The summed E-state index contributed by atoms with van der Waals surface area (Å²) in [6.07, 6.45) is 2.16. The van der Waals surface area contributed by atoms with Crippen LogP contribution in [0.1, 0.15) is 24.8 Å². The summed E-state index contributed by atoms with van der Waals surface area (Å²) in [5, 5.41) is 6.31. The number of fused-ring (bicyclic) bond motifs is 1. The number of ether oxygens (including phenoxy) is 1. The number of amides is 2. The molecule has 138 valence electrons. The number of alkyl carbamates (subject to hydrolysis) is 1. The predicted octanol–water partition coefficient (Wildman–Crippen LogP) is 2.51. The number of nitrogens with zero attached hydrogens (tertiary/aromatic N) is 2. The Morgan fingerprint density at radius 2 is 2.31 bits per heavy atom. The lowest BCUT2D eigenvalue weighted by atomic mass is 9.95. The summed E-state index contributed by atoms with van der Waals surface area (Å²) in [7, 11) is 0. The molecule has 7 nitrogen and oxygen atoms in total. The molecular formula is C18H22N4O3S. The number of likely N-dealkylation sites (tertiary alicyclic amines) is 1. The molecule has 1 aromatic carbocycles. The van der Waals surface area contributed by atoms with Crippen molar-refractivity contribution in [3.05, 3.63) is 23.8 Å². The van der Waals surface area contributed by atoms with Gasteiger partial charge in [0.25, 0.3) is 0 Å². The Bertz CT molecular complexity index is 852. The van der Waals surface area contributed by atoms with Crippen LogP contribution in [0.2, 0.25) is 0 Å². The highest BCUT2D eigenvalue weighted by Gasteiger charge is 2.41. The van der Waals surface area contributed by atoms with Crippen LogP contribution >= 0.6 is 11.3 Å². The lowest BCUT2D eigenvalue weighted by molar-refractivity contribution is -0.117. The minimum absolute atomic E-state index is 0.0563. The lowest BCUT2D eigenvalue weighted by Crippen LogP contribution is -2.37. The second-order valence-corrected chi connectivity index (χ2v) is 8.08. The highest BCUT2D eigenvalue weighted by atomic mass is 32.1. The fourth-order valence-electron chi connectivity index (χ4n) is 3.66. The van der Waals surface area contributed by atoms with Crippen molar-refractivity contribution in [2.75, 3.05) is 31.5 Å². The van der Waals surface area contributed by atoms with Gasteiger partial charge in [0.1, 0.15) is 5.60 Å². The number of benzene rings is 1. The summed E-state index contributed by atoms with van der Waals surface area (Å²) >= 11 is 1.49. The van der Waals surface area contributed by atoms with E-state index in [2.05, 4.69) is 20.5 Å². The Morgan fingerprint density at radius 1 is 1.42 bits per heavy atom. The van der Waals surface area contributed by atoms with E-state index < -0.39 is 5.60 Å². The first kappa shape index (κ1) is 17.2. The quantitative estimate of drug-likeness (QED) is 0.862. The largest absolute Gasteiger partial charge is 0.441 e. The van der Waals surface area contributed by atoms with E-state index in [4.69, 9.17) is 4.74 Å². The smallest absolute Gasteiger partial charge is 0.407 e. The Kier molecular flexibility index (Phi) is 4.54. The van der Waals surface area contributed by atoms with Crippen LogP contribution < -0.4 is 10.6 Å². The maximum atomic E-state index is 12.4. The number of hydrogen-bond acceptors (Lipinski definition) is 6. The second-order valence-electron chi connectivity index (χ2n) is 7.04. The maximum absolute atomic E-state index is 12.4. The Balaban J connectivity index is 1.35. The van der Waals surface area contributed by atoms with Crippen LogP contribution in [0, 0.1) is 6.92 Å². The summed E-state index contributed by atoms with van der Waals surface area (Å²) in [5.74, 6) is -0.0563. The van der Waals surface area contributed by atoms with Crippen molar-refractivity contribution in [2.24, 2.45) is 0 Å². The van der Waals surface area contributed by atoms with Gasteiger partial charge in [-0.1, -0.05) is 23.5 Å².